The van der Waals surface area contributed by atoms with Crippen molar-refractivity contribution in [1.82, 2.24) is 9.78 Å². The molecule has 24 heavy (non-hydrogen) atoms. The molecule has 6 nitrogen and oxygen atoms in total. The van der Waals surface area contributed by atoms with Crippen LogP contribution in [-0.2, 0) is 16.6 Å². The number of aliphatic hydroxyl groups is 1. The van der Waals surface area contributed by atoms with Crippen molar-refractivity contribution in [1.29, 1.82) is 0 Å². The standard InChI is InChI=1S/C15H20F3N3O3/c1-8-11(12(19)21(2)20-8)9-6-4-5-7-10(9)14(23,13(22)24-3)15(16,17)18/h6,10,23H,4-5,7,19H2,1-3H3/t10?,14-/m0/s1. The van der Waals surface area contributed by atoms with Crippen LogP contribution in [0.1, 0.15) is 30.5 Å². The predicted molar refractivity (Wildman–Crippen MR) is 80.7 cm³/mol. The number of nitrogens with two attached hydrogens (primary N) is 1. The number of esters is 1. The van der Waals surface area contributed by atoms with Crippen LogP contribution in [0.2, 0.25) is 0 Å². The van der Waals surface area contributed by atoms with Crippen molar-refractivity contribution in [2.75, 3.05) is 12.8 Å². The highest BCUT2D eigenvalue weighted by Crippen LogP contribution is 2.48. The van der Waals surface area contributed by atoms with Crippen LogP contribution in [0, 0.1) is 12.8 Å². The highest BCUT2D eigenvalue weighted by atomic mass is 19.4. The first-order valence-electron chi connectivity index (χ1n) is 7.42. The number of halogens is 3. The lowest BCUT2D eigenvalue weighted by Crippen LogP contribution is -2.58. The number of aromatic nitrogens is 2. The van der Waals surface area contributed by atoms with E-state index < -0.39 is 23.7 Å². The monoisotopic (exact) mass is 347 g/mol. The third-order valence-corrected chi connectivity index (χ3v) is 4.42. The Hall–Kier alpha value is -2.03. The van der Waals surface area contributed by atoms with Crippen LogP contribution in [0.25, 0.3) is 5.57 Å². The summed E-state index contributed by atoms with van der Waals surface area (Å²) in [6.45, 7) is 1.61. The molecule has 2 atom stereocenters. The van der Waals surface area contributed by atoms with Gasteiger partial charge in [-0.05, 0) is 31.8 Å². The van der Waals surface area contributed by atoms with Gasteiger partial charge in [0.25, 0.3) is 5.60 Å². The Bertz CT molecular complexity index is 681. The van der Waals surface area contributed by atoms with E-state index in [1.165, 1.54) is 4.68 Å². The largest absolute Gasteiger partial charge is 0.467 e. The van der Waals surface area contributed by atoms with Gasteiger partial charge in [-0.2, -0.15) is 18.3 Å². The summed E-state index contributed by atoms with van der Waals surface area (Å²) in [4.78, 5) is 11.9. The zero-order valence-electron chi connectivity index (χ0n) is 13.6. The summed E-state index contributed by atoms with van der Waals surface area (Å²) in [5.41, 5.74) is 3.24. The minimum absolute atomic E-state index is 0.0231. The highest BCUT2D eigenvalue weighted by Gasteiger charge is 2.66. The van der Waals surface area contributed by atoms with Crippen LogP contribution in [0.5, 0.6) is 0 Å². The Balaban J connectivity index is 2.64. The quantitative estimate of drug-likeness (QED) is 0.816. The summed E-state index contributed by atoms with van der Waals surface area (Å²) >= 11 is 0. The fourth-order valence-corrected chi connectivity index (χ4v) is 3.23. The van der Waals surface area contributed by atoms with Crippen LogP contribution in [0.3, 0.4) is 0 Å². The number of ether oxygens (including phenoxy) is 1. The van der Waals surface area contributed by atoms with Crippen LogP contribution < -0.4 is 5.73 Å². The lowest BCUT2D eigenvalue weighted by Gasteiger charge is -2.38. The SMILES string of the molecule is COC(=O)[C@@](O)(C1CCCC=C1c1c(C)nn(C)c1N)C(F)(F)F. The number of nitrogen functional groups attached to an aromatic ring is 1. The van der Waals surface area contributed by atoms with Crippen molar-refractivity contribution < 1.29 is 27.8 Å². The Morgan fingerprint density at radius 1 is 1.50 bits per heavy atom. The first-order chi connectivity index (χ1) is 11.1. The first-order valence-corrected chi connectivity index (χ1v) is 7.42. The van der Waals surface area contributed by atoms with E-state index in [2.05, 4.69) is 9.84 Å². The molecule has 0 saturated carbocycles. The molecule has 0 aliphatic heterocycles. The normalized spacial score (nSPS) is 21.1. The van der Waals surface area contributed by atoms with Gasteiger partial charge in [0.1, 0.15) is 5.82 Å². The molecule has 1 aliphatic carbocycles. The van der Waals surface area contributed by atoms with Crippen molar-refractivity contribution in [2.45, 2.75) is 38.0 Å². The molecule has 1 aromatic rings. The number of rotatable bonds is 3. The topological polar surface area (TPSA) is 90.4 Å². The van der Waals surface area contributed by atoms with Crippen molar-refractivity contribution in [3.05, 3.63) is 17.3 Å². The number of aryl methyl sites for hydroxylation is 2. The number of carbonyl (C=O) groups is 1. The maximum atomic E-state index is 13.6. The molecule has 9 heteroatoms. The summed E-state index contributed by atoms with van der Waals surface area (Å²) in [5.74, 6) is -3.06. The maximum Gasteiger partial charge on any atom is 0.428 e. The number of allylic oxidation sites excluding steroid dienone is 1. The lowest BCUT2D eigenvalue weighted by molar-refractivity contribution is -0.272. The number of anilines is 1. The molecular weight excluding hydrogens is 327 g/mol. The highest BCUT2D eigenvalue weighted by molar-refractivity contribution is 5.87. The minimum Gasteiger partial charge on any atom is -0.467 e. The molecule has 1 aromatic heterocycles. The number of hydrogen-bond acceptors (Lipinski definition) is 5. The summed E-state index contributed by atoms with van der Waals surface area (Å²) in [6.07, 6.45) is -2.71. The van der Waals surface area contributed by atoms with Crippen LogP contribution in [0.4, 0.5) is 19.0 Å². The third-order valence-electron chi connectivity index (χ3n) is 4.42. The molecule has 0 radical (unpaired) electrons. The van der Waals surface area contributed by atoms with Gasteiger partial charge in [0, 0.05) is 18.5 Å². The van der Waals surface area contributed by atoms with Gasteiger partial charge < -0.3 is 15.6 Å². The Kier molecular flexibility index (Phi) is 4.67. The Morgan fingerprint density at radius 2 is 2.12 bits per heavy atom. The Morgan fingerprint density at radius 3 is 2.58 bits per heavy atom. The first kappa shape index (κ1) is 18.3. The lowest BCUT2D eigenvalue weighted by atomic mass is 9.72. The smallest absolute Gasteiger partial charge is 0.428 e. The van der Waals surface area contributed by atoms with Gasteiger partial charge in [0.2, 0.25) is 0 Å². The van der Waals surface area contributed by atoms with E-state index in [-0.39, 0.29) is 17.8 Å². The summed E-state index contributed by atoms with van der Waals surface area (Å²) in [7, 11) is 2.38. The number of methoxy groups -OCH3 is 1. The molecule has 0 amide bonds. The number of nitrogens with zero attached hydrogens (tertiary/aromatic N) is 2. The van der Waals surface area contributed by atoms with Gasteiger partial charge in [-0.15, -0.1) is 0 Å². The molecular formula is C15H20F3N3O3. The van der Waals surface area contributed by atoms with E-state index in [9.17, 15) is 23.1 Å². The molecule has 134 valence electrons. The summed E-state index contributed by atoms with van der Waals surface area (Å²) in [6, 6.07) is 0. The van der Waals surface area contributed by atoms with Crippen LogP contribution in [0.15, 0.2) is 6.08 Å². The number of carbonyl (C=O) groups excluding carboxylic acids is 1. The van der Waals surface area contributed by atoms with E-state index in [0.717, 1.165) is 7.11 Å². The molecule has 3 N–H and O–H groups in total. The maximum absolute atomic E-state index is 13.6. The molecule has 0 aromatic carbocycles. The summed E-state index contributed by atoms with van der Waals surface area (Å²) in [5, 5.41) is 14.5. The molecule has 0 spiro atoms. The van der Waals surface area contributed by atoms with Crippen molar-refractivity contribution in [2.24, 2.45) is 13.0 Å². The predicted octanol–water partition coefficient (Wildman–Crippen LogP) is 1.96. The van der Waals surface area contributed by atoms with Gasteiger partial charge in [-0.3, -0.25) is 4.68 Å². The van der Waals surface area contributed by atoms with Gasteiger partial charge in [-0.25, -0.2) is 4.79 Å². The van der Waals surface area contributed by atoms with E-state index in [0.29, 0.717) is 24.1 Å². The minimum atomic E-state index is -5.19. The van der Waals surface area contributed by atoms with Gasteiger partial charge >= 0.3 is 12.1 Å². The van der Waals surface area contributed by atoms with Gasteiger partial charge in [-0.1, -0.05) is 6.08 Å². The summed E-state index contributed by atoms with van der Waals surface area (Å²) < 4.78 is 46.4. The molecule has 1 aliphatic rings. The fourth-order valence-electron chi connectivity index (χ4n) is 3.23. The fraction of sp³-hybridized carbons (Fsp3) is 0.600. The van der Waals surface area contributed by atoms with E-state index in [4.69, 9.17) is 5.73 Å². The van der Waals surface area contributed by atoms with E-state index in [1.54, 1.807) is 20.0 Å². The molecule has 0 fully saturated rings. The van der Waals surface area contributed by atoms with Crippen molar-refractivity contribution in [3.63, 3.8) is 0 Å². The average Bonchev–Trinajstić information content (AvgIpc) is 2.77. The molecule has 2 rings (SSSR count). The molecule has 1 unspecified atom stereocenters. The van der Waals surface area contributed by atoms with Crippen LogP contribution in [-0.4, -0.2) is 39.7 Å². The van der Waals surface area contributed by atoms with Gasteiger partial charge in [0.15, 0.2) is 0 Å². The van der Waals surface area contributed by atoms with E-state index >= 15 is 0 Å². The van der Waals surface area contributed by atoms with Gasteiger partial charge in [0.05, 0.1) is 12.8 Å². The second kappa shape index (κ2) is 6.12. The van der Waals surface area contributed by atoms with Crippen molar-refractivity contribution >= 4 is 17.4 Å². The average molecular weight is 347 g/mol. The van der Waals surface area contributed by atoms with E-state index in [1.807, 2.05) is 0 Å². The zero-order valence-corrected chi connectivity index (χ0v) is 13.6. The van der Waals surface area contributed by atoms with Crippen molar-refractivity contribution in [3.8, 4) is 0 Å². The molecule has 0 saturated heterocycles. The second-order valence-electron chi connectivity index (χ2n) is 5.87. The molecule has 0 bridgehead atoms. The zero-order chi connectivity index (χ0) is 18.3. The molecule has 1 heterocycles. The number of hydrogen-bond donors (Lipinski definition) is 2. The number of alkyl halides is 3. The third kappa shape index (κ3) is 2.66. The van der Waals surface area contributed by atoms with Crippen LogP contribution >= 0.6 is 0 Å². The Labute approximate surface area is 137 Å². The second-order valence-corrected chi connectivity index (χ2v) is 5.87.